The van der Waals surface area contributed by atoms with E-state index in [0.717, 1.165) is 22.4 Å². The highest BCUT2D eigenvalue weighted by molar-refractivity contribution is 5.99. The molecule has 0 unspecified atom stereocenters. The third-order valence-corrected chi connectivity index (χ3v) is 4.79. The molecule has 0 aliphatic carbocycles. The van der Waals surface area contributed by atoms with E-state index in [2.05, 4.69) is 36.7 Å². The summed E-state index contributed by atoms with van der Waals surface area (Å²) in [6.07, 6.45) is 0. The summed E-state index contributed by atoms with van der Waals surface area (Å²) in [5.74, 6) is -0.927. The number of fused-ring (bicyclic) bond motifs is 1. The van der Waals surface area contributed by atoms with E-state index < -0.39 is 5.97 Å². The Labute approximate surface area is 151 Å². The number of carbonyl (C=O) groups is 1. The van der Waals surface area contributed by atoms with Gasteiger partial charge in [0.1, 0.15) is 5.69 Å². The zero-order valence-electron chi connectivity index (χ0n) is 14.7. The van der Waals surface area contributed by atoms with Gasteiger partial charge in [-0.2, -0.15) is 0 Å². The van der Waals surface area contributed by atoms with Crippen LogP contribution in [0.1, 0.15) is 15.9 Å². The fraction of sp³-hybridized carbons (Fsp3) is 0.0952. The number of anilines is 1. The van der Waals surface area contributed by atoms with E-state index in [-0.39, 0.29) is 0 Å². The Balaban J connectivity index is 1.76. The van der Waals surface area contributed by atoms with Gasteiger partial charge < -0.3 is 5.11 Å². The van der Waals surface area contributed by atoms with Crippen LogP contribution in [0.5, 0.6) is 0 Å². The number of aromatic carboxylic acids is 1. The van der Waals surface area contributed by atoms with E-state index >= 15 is 0 Å². The molecule has 26 heavy (non-hydrogen) atoms. The Morgan fingerprint density at radius 3 is 2.38 bits per heavy atom. The second kappa shape index (κ2) is 6.29. The molecule has 0 amide bonds. The van der Waals surface area contributed by atoms with Crippen LogP contribution in [0, 0.1) is 6.92 Å². The number of nitrogens with one attached hydrogen (secondary N) is 1. The summed E-state index contributed by atoms with van der Waals surface area (Å²) >= 11 is 0. The number of benzene rings is 3. The van der Waals surface area contributed by atoms with Gasteiger partial charge in [-0.25, -0.2) is 10.2 Å². The molecule has 0 bridgehead atoms. The average Bonchev–Trinajstić information content (AvgIpc) is 3.02. The fourth-order valence-corrected chi connectivity index (χ4v) is 3.44. The van der Waals surface area contributed by atoms with E-state index in [1.165, 1.54) is 11.1 Å². The van der Waals surface area contributed by atoms with E-state index in [4.69, 9.17) is 0 Å². The second-order valence-corrected chi connectivity index (χ2v) is 6.49. The van der Waals surface area contributed by atoms with Crippen molar-refractivity contribution in [3.63, 3.8) is 0 Å². The molecule has 0 spiro atoms. The number of aryl methyl sites for hydroxylation is 1. The summed E-state index contributed by atoms with van der Waals surface area (Å²) in [5.41, 5.74) is 12.2. The van der Waals surface area contributed by atoms with Crippen LogP contribution in [0.4, 0.5) is 11.4 Å². The zero-order chi connectivity index (χ0) is 18.3. The number of nitrogens with zero attached hydrogens (tertiary/aromatic N) is 1. The molecule has 0 saturated heterocycles. The lowest BCUT2D eigenvalue weighted by Crippen LogP contribution is -2.87. The van der Waals surface area contributed by atoms with Gasteiger partial charge in [0.2, 0.25) is 0 Å². The Morgan fingerprint density at radius 1 is 1.00 bits per heavy atom. The van der Waals surface area contributed by atoms with E-state index in [1.54, 1.807) is 11.1 Å². The molecule has 3 aromatic rings. The smallest absolute Gasteiger partial charge is 0.338 e. The number of hydrogen-bond acceptors (Lipinski definition) is 3. The van der Waals surface area contributed by atoms with Gasteiger partial charge in [0.05, 0.1) is 5.56 Å². The minimum atomic E-state index is -0.927. The van der Waals surface area contributed by atoms with Crippen LogP contribution in [-0.4, -0.2) is 18.1 Å². The zero-order valence-corrected chi connectivity index (χ0v) is 14.7. The predicted molar refractivity (Wildman–Crippen MR) is 102 cm³/mol. The molecule has 1 aliphatic rings. The monoisotopic (exact) mass is 346 g/mol. The first-order valence-electron chi connectivity index (χ1n) is 8.45. The SMILES string of the molecule is Cc1ccccc1-c1ccc(-c2cc3c(c(C(=O)O)c2)N(C)N[NH2+]3)cc1. The quantitative estimate of drug-likeness (QED) is 0.503. The molecular weight excluding hydrogens is 326 g/mol. The Morgan fingerprint density at radius 2 is 1.69 bits per heavy atom. The van der Waals surface area contributed by atoms with Gasteiger partial charge in [0.15, 0.2) is 5.69 Å². The first-order valence-corrected chi connectivity index (χ1v) is 8.45. The van der Waals surface area contributed by atoms with Crippen molar-refractivity contribution in [3.05, 3.63) is 71.8 Å². The maximum Gasteiger partial charge on any atom is 0.338 e. The summed E-state index contributed by atoms with van der Waals surface area (Å²) in [7, 11) is 1.81. The van der Waals surface area contributed by atoms with E-state index in [0.29, 0.717) is 11.3 Å². The second-order valence-electron chi connectivity index (χ2n) is 6.49. The van der Waals surface area contributed by atoms with Crippen LogP contribution in [0.15, 0.2) is 60.7 Å². The molecule has 0 saturated carbocycles. The van der Waals surface area contributed by atoms with Crippen LogP contribution in [-0.2, 0) is 0 Å². The van der Waals surface area contributed by atoms with Crippen molar-refractivity contribution in [2.24, 2.45) is 0 Å². The van der Waals surface area contributed by atoms with Crippen molar-refractivity contribution in [3.8, 4) is 22.3 Å². The molecule has 4 rings (SSSR count). The van der Waals surface area contributed by atoms with E-state index in [1.807, 2.05) is 42.8 Å². The molecule has 3 aromatic carbocycles. The van der Waals surface area contributed by atoms with Crippen LogP contribution in [0.2, 0.25) is 0 Å². The first-order chi connectivity index (χ1) is 12.5. The first kappa shape index (κ1) is 16.3. The van der Waals surface area contributed by atoms with Crippen LogP contribution in [0.3, 0.4) is 0 Å². The summed E-state index contributed by atoms with van der Waals surface area (Å²) in [5, 5.41) is 11.3. The van der Waals surface area contributed by atoms with Gasteiger partial charge in [-0.05, 0) is 40.8 Å². The third-order valence-electron chi connectivity index (χ3n) is 4.79. The van der Waals surface area contributed by atoms with Crippen LogP contribution < -0.4 is 16.0 Å². The molecular formula is C21H20N3O2+. The Hall–Kier alpha value is -3.15. The van der Waals surface area contributed by atoms with Crippen molar-refractivity contribution in [1.29, 1.82) is 0 Å². The predicted octanol–water partition coefficient (Wildman–Crippen LogP) is 3.09. The van der Waals surface area contributed by atoms with Crippen molar-refractivity contribution in [2.45, 2.75) is 6.92 Å². The highest BCUT2D eigenvalue weighted by Crippen LogP contribution is 2.34. The summed E-state index contributed by atoms with van der Waals surface area (Å²) in [6, 6.07) is 20.3. The van der Waals surface area contributed by atoms with Gasteiger partial charge >= 0.3 is 5.97 Å². The number of carboxylic acid groups (broad SMARTS) is 1. The van der Waals surface area contributed by atoms with Gasteiger partial charge in [0.25, 0.3) is 0 Å². The van der Waals surface area contributed by atoms with Crippen molar-refractivity contribution < 1.29 is 15.3 Å². The lowest BCUT2D eigenvalue weighted by atomic mass is 9.96. The van der Waals surface area contributed by atoms with Crippen LogP contribution >= 0.6 is 0 Å². The summed E-state index contributed by atoms with van der Waals surface area (Å²) < 4.78 is 0. The number of hydrogen-bond donors (Lipinski definition) is 3. The van der Waals surface area contributed by atoms with E-state index in [9.17, 15) is 9.90 Å². The average molecular weight is 346 g/mol. The molecule has 4 N–H and O–H groups in total. The Kier molecular flexibility index (Phi) is 3.95. The molecule has 0 fully saturated rings. The molecule has 5 nitrogen and oxygen atoms in total. The van der Waals surface area contributed by atoms with Crippen molar-refractivity contribution >= 4 is 17.3 Å². The van der Waals surface area contributed by atoms with Gasteiger partial charge in [-0.3, -0.25) is 5.01 Å². The highest BCUT2D eigenvalue weighted by atomic mass is 16.4. The molecule has 0 aromatic heterocycles. The standard InChI is InChI=1S/C21H19N3O2/c1-13-5-3-4-6-17(13)15-9-7-14(8-10-15)16-11-18(21(25)26)20-19(12-16)22-23-24(20)2/h3-12,22-23H,1-2H3,(H,25,26)/p+1. The van der Waals surface area contributed by atoms with Crippen LogP contribution in [0.25, 0.3) is 22.3 Å². The molecule has 1 heterocycles. The number of quaternary nitrogens is 1. The highest BCUT2D eigenvalue weighted by Gasteiger charge is 2.27. The molecule has 0 atom stereocenters. The molecule has 130 valence electrons. The maximum atomic E-state index is 11.7. The number of nitrogens with two attached hydrogens (primary N) is 1. The third kappa shape index (κ3) is 2.73. The van der Waals surface area contributed by atoms with Crippen molar-refractivity contribution in [1.82, 2.24) is 5.53 Å². The fourth-order valence-electron chi connectivity index (χ4n) is 3.44. The number of rotatable bonds is 3. The lowest BCUT2D eigenvalue weighted by Gasteiger charge is -2.11. The minimum absolute atomic E-state index is 0.296. The number of hydrazine groups is 1. The molecule has 0 radical (unpaired) electrons. The number of carboxylic acids is 1. The molecule has 1 aliphatic heterocycles. The lowest BCUT2D eigenvalue weighted by molar-refractivity contribution is -0.625. The van der Waals surface area contributed by atoms with Gasteiger partial charge in [0, 0.05) is 13.1 Å². The normalized spacial score (nSPS) is 12.9. The maximum absolute atomic E-state index is 11.7. The largest absolute Gasteiger partial charge is 0.478 e. The topological polar surface area (TPSA) is 69.2 Å². The van der Waals surface area contributed by atoms with Gasteiger partial charge in [-0.15, -0.1) is 0 Å². The van der Waals surface area contributed by atoms with Gasteiger partial charge in [-0.1, -0.05) is 54.1 Å². The van der Waals surface area contributed by atoms with Crippen molar-refractivity contribution in [2.75, 3.05) is 12.1 Å². The summed E-state index contributed by atoms with van der Waals surface area (Å²) in [4.78, 5) is 11.7. The minimum Gasteiger partial charge on any atom is -0.478 e. The Bertz CT molecular complexity index is 997. The molecule has 5 heteroatoms. The summed E-state index contributed by atoms with van der Waals surface area (Å²) in [6.45, 7) is 2.10.